The second kappa shape index (κ2) is 5.77. The molecule has 1 heterocycles. The molecule has 23 heavy (non-hydrogen) atoms. The van der Waals surface area contributed by atoms with E-state index in [2.05, 4.69) is 10.2 Å². The van der Waals surface area contributed by atoms with E-state index in [1.807, 2.05) is 0 Å². The van der Waals surface area contributed by atoms with Gasteiger partial charge in [0, 0.05) is 6.20 Å². The van der Waals surface area contributed by atoms with Crippen LogP contribution in [0, 0.1) is 5.82 Å². The predicted molar refractivity (Wildman–Crippen MR) is 82.1 cm³/mol. The van der Waals surface area contributed by atoms with Crippen LogP contribution in [0.5, 0.6) is 0 Å². The molecule has 0 fully saturated rings. The Morgan fingerprint density at radius 1 is 0.870 bits per heavy atom. The maximum absolute atomic E-state index is 12.9. The van der Waals surface area contributed by atoms with Gasteiger partial charge in [-0.25, -0.2) is 17.9 Å². The van der Waals surface area contributed by atoms with Gasteiger partial charge in [0.2, 0.25) is 9.84 Å². The number of benzene rings is 2. The number of rotatable bonds is 3. The Morgan fingerprint density at radius 2 is 1.43 bits per heavy atom. The van der Waals surface area contributed by atoms with E-state index in [1.165, 1.54) is 30.5 Å². The van der Waals surface area contributed by atoms with Crippen LogP contribution in [0.4, 0.5) is 4.39 Å². The summed E-state index contributed by atoms with van der Waals surface area (Å²) in [7, 11) is -3.92. The van der Waals surface area contributed by atoms with Gasteiger partial charge in [0.1, 0.15) is 10.7 Å². The van der Waals surface area contributed by atoms with Gasteiger partial charge in [-0.15, -0.1) is 0 Å². The number of aromatic amines is 1. The molecule has 116 valence electrons. The largest absolute Gasteiger partial charge is 0.283 e. The SMILES string of the molecule is O=c1[nH]nccc1S(=O)(=O)c1ccc(-c2ccc(F)cc2)cc1. The first kappa shape index (κ1) is 15.1. The first-order valence-electron chi connectivity index (χ1n) is 6.63. The Balaban J connectivity index is 2.01. The molecular formula is C16H11FN2O3S. The van der Waals surface area contributed by atoms with Gasteiger partial charge in [0.05, 0.1) is 4.90 Å². The molecule has 1 N–H and O–H groups in total. The molecule has 1 aromatic heterocycles. The Labute approximate surface area is 131 Å². The first-order chi connectivity index (χ1) is 11.0. The fourth-order valence-electron chi connectivity index (χ4n) is 2.14. The molecular weight excluding hydrogens is 319 g/mol. The van der Waals surface area contributed by atoms with Crippen LogP contribution in [0.25, 0.3) is 11.1 Å². The molecule has 0 atom stereocenters. The Kier molecular flexibility index (Phi) is 3.79. The van der Waals surface area contributed by atoms with E-state index in [-0.39, 0.29) is 15.6 Å². The van der Waals surface area contributed by atoms with Gasteiger partial charge in [-0.3, -0.25) is 4.79 Å². The molecule has 0 aliphatic rings. The summed E-state index contributed by atoms with van der Waals surface area (Å²) in [6.45, 7) is 0. The number of nitrogens with zero attached hydrogens (tertiary/aromatic N) is 1. The van der Waals surface area contributed by atoms with E-state index in [9.17, 15) is 17.6 Å². The lowest BCUT2D eigenvalue weighted by Gasteiger charge is -2.06. The molecule has 3 aromatic rings. The Morgan fingerprint density at radius 3 is 2.00 bits per heavy atom. The standard InChI is InChI=1S/C16H11FN2O3S/c17-13-5-1-11(2-6-13)12-3-7-14(8-4-12)23(21,22)15-9-10-18-19-16(15)20/h1-10H,(H,19,20). The summed E-state index contributed by atoms with van der Waals surface area (Å²) in [5.74, 6) is -0.343. The zero-order valence-corrected chi connectivity index (χ0v) is 12.5. The quantitative estimate of drug-likeness (QED) is 0.800. The van der Waals surface area contributed by atoms with E-state index < -0.39 is 15.4 Å². The van der Waals surface area contributed by atoms with Gasteiger partial charge in [0.25, 0.3) is 5.56 Å². The number of hydrogen-bond acceptors (Lipinski definition) is 4. The topological polar surface area (TPSA) is 79.9 Å². The Hall–Kier alpha value is -2.80. The van der Waals surface area contributed by atoms with Crippen LogP contribution in [0.15, 0.2) is 75.4 Å². The smallest absolute Gasteiger partial charge is 0.267 e. The third-order valence-electron chi connectivity index (χ3n) is 3.32. The average molecular weight is 330 g/mol. The summed E-state index contributed by atoms with van der Waals surface area (Å²) >= 11 is 0. The summed E-state index contributed by atoms with van der Waals surface area (Å²) in [6.07, 6.45) is 1.21. The highest BCUT2D eigenvalue weighted by molar-refractivity contribution is 7.91. The van der Waals surface area contributed by atoms with Crippen molar-refractivity contribution in [1.29, 1.82) is 0 Å². The van der Waals surface area contributed by atoms with Gasteiger partial charge in [-0.2, -0.15) is 5.10 Å². The summed E-state index contributed by atoms with van der Waals surface area (Å²) < 4.78 is 37.8. The van der Waals surface area contributed by atoms with Crippen LogP contribution in [-0.4, -0.2) is 18.6 Å². The zero-order valence-electron chi connectivity index (χ0n) is 11.7. The van der Waals surface area contributed by atoms with Crippen molar-refractivity contribution in [1.82, 2.24) is 10.2 Å². The fraction of sp³-hybridized carbons (Fsp3) is 0. The lowest BCUT2D eigenvalue weighted by atomic mass is 10.1. The maximum Gasteiger partial charge on any atom is 0.283 e. The zero-order chi connectivity index (χ0) is 16.4. The second-order valence-electron chi connectivity index (χ2n) is 4.78. The lowest BCUT2D eigenvalue weighted by molar-refractivity contribution is 0.594. The molecule has 0 radical (unpaired) electrons. The van der Waals surface area contributed by atoms with Crippen molar-refractivity contribution in [3.63, 3.8) is 0 Å². The summed E-state index contributed by atoms with van der Waals surface area (Å²) in [5.41, 5.74) is 0.736. The summed E-state index contributed by atoms with van der Waals surface area (Å²) in [5, 5.41) is 5.58. The number of halogens is 1. The molecule has 0 amide bonds. The number of aromatic nitrogens is 2. The molecule has 0 aliphatic carbocycles. The van der Waals surface area contributed by atoms with Gasteiger partial charge in [0.15, 0.2) is 0 Å². The van der Waals surface area contributed by atoms with Gasteiger partial charge in [-0.1, -0.05) is 24.3 Å². The third-order valence-corrected chi connectivity index (χ3v) is 5.12. The van der Waals surface area contributed by atoms with Gasteiger partial charge < -0.3 is 0 Å². The minimum Gasteiger partial charge on any atom is -0.267 e. The van der Waals surface area contributed by atoms with E-state index in [0.717, 1.165) is 17.2 Å². The van der Waals surface area contributed by atoms with E-state index in [0.29, 0.717) is 0 Å². The number of H-pyrrole nitrogens is 1. The highest BCUT2D eigenvalue weighted by atomic mass is 32.2. The molecule has 0 unspecified atom stereocenters. The molecule has 0 bridgehead atoms. The van der Waals surface area contributed by atoms with Gasteiger partial charge in [-0.05, 0) is 41.5 Å². The second-order valence-corrected chi connectivity index (χ2v) is 6.70. The maximum atomic E-state index is 12.9. The summed E-state index contributed by atoms with van der Waals surface area (Å²) in [4.78, 5) is 11.3. The molecule has 3 rings (SSSR count). The predicted octanol–water partition coefficient (Wildman–Crippen LogP) is 2.41. The van der Waals surface area contributed by atoms with Crippen LogP contribution < -0.4 is 5.56 Å². The highest BCUT2D eigenvalue weighted by Gasteiger charge is 2.21. The number of sulfone groups is 1. The third kappa shape index (κ3) is 2.91. The van der Waals surface area contributed by atoms with Crippen molar-refractivity contribution in [3.05, 3.63) is 77.0 Å². The molecule has 0 aliphatic heterocycles. The van der Waals surface area contributed by atoms with Crippen molar-refractivity contribution in [2.45, 2.75) is 9.79 Å². The van der Waals surface area contributed by atoms with E-state index in [1.54, 1.807) is 24.3 Å². The molecule has 0 spiro atoms. The minimum atomic E-state index is -3.92. The molecule has 0 saturated heterocycles. The van der Waals surface area contributed by atoms with E-state index >= 15 is 0 Å². The van der Waals surface area contributed by atoms with Gasteiger partial charge >= 0.3 is 0 Å². The molecule has 5 nitrogen and oxygen atoms in total. The highest BCUT2D eigenvalue weighted by Crippen LogP contribution is 2.23. The number of hydrogen-bond donors (Lipinski definition) is 1. The molecule has 2 aromatic carbocycles. The van der Waals surface area contributed by atoms with Crippen molar-refractivity contribution < 1.29 is 12.8 Å². The van der Waals surface area contributed by atoms with Crippen molar-refractivity contribution in [3.8, 4) is 11.1 Å². The number of nitrogens with one attached hydrogen (secondary N) is 1. The van der Waals surface area contributed by atoms with Crippen LogP contribution in [-0.2, 0) is 9.84 Å². The van der Waals surface area contributed by atoms with Crippen LogP contribution in [0.3, 0.4) is 0 Å². The van der Waals surface area contributed by atoms with Crippen molar-refractivity contribution in [2.24, 2.45) is 0 Å². The van der Waals surface area contributed by atoms with Crippen LogP contribution in [0.2, 0.25) is 0 Å². The normalized spacial score (nSPS) is 11.3. The lowest BCUT2D eigenvalue weighted by Crippen LogP contribution is -2.18. The molecule has 7 heteroatoms. The molecule has 0 saturated carbocycles. The Bertz CT molecular complexity index is 995. The van der Waals surface area contributed by atoms with Crippen LogP contribution >= 0.6 is 0 Å². The first-order valence-corrected chi connectivity index (χ1v) is 8.11. The van der Waals surface area contributed by atoms with Crippen LogP contribution in [0.1, 0.15) is 0 Å². The average Bonchev–Trinajstić information content (AvgIpc) is 2.56. The monoisotopic (exact) mass is 330 g/mol. The van der Waals surface area contributed by atoms with Crippen molar-refractivity contribution in [2.75, 3.05) is 0 Å². The summed E-state index contributed by atoms with van der Waals surface area (Å²) in [6, 6.07) is 13.1. The van der Waals surface area contributed by atoms with E-state index in [4.69, 9.17) is 0 Å². The fourth-order valence-corrected chi connectivity index (χ4v) is 3.42. The van der Waals surface area contributed by atoms with Crippen molar-refractivity contribution >= 4 is 9.84 Å². The minimum absolute atomic E-state index is 0.0000571.